The van der Waals surface area contributed by atoms with Crippen LogP contribution in [0.5, 0.6) is 0 Å². The molecule has 0 spiro atoms. The first-order valence-electron chi connectivity index (χ1n) is 10.3. The molecule has 1 atom stereocenters. The summed E-state index contributed by atoms with van der Waals surface area (Å²) in [5.74, 6) is -0.478. The highest BCUT2D eigenvalue weighted by atomic mass is 32.2. The molecule has 2 heterocycles. The number of nitrogens with one attached hydrogen (secondary N) is 2. The molecule has 2 aromatic heterocycles. The number of aromatic nitrogens is 2. The molecule has 3 aromatic rings. The molecule has 174 valence electrons. The SMILES string of the molecule is CCc1csc([C@H](Cc2ccc(NS(=O)(=O)O)cc2)NC(=O)CCC(=O)c2ccccn2)n1. The Bertz CT molecular complexity index is 1200. The third-order valence-electron chi connectivity index (χ3n) is 4.74. The van der Waals surface area contributed by atoms with Crippen LogP contribution in [-0.4, -0.2) is 34.6 Å². The van der Waals surface area contributed by atoms with Crippen LogP contribution in [-0.2, 0) is 27.9 Å². The summed E-state index contributed by atoms with van der Waals surface area (Å²) in [7, 11) is -4.35. The number of benzene rings is 1. The third kappa shape index (κ3) is 7.74. The Kier molecular flexibility index (Phi) is 8.26. The standard InChI is InChI=1S/C22H24N4O5S2/c1-2-16-14-32-22(24-16)19(13-15-6-8-17(9-7-15)26-33(29,30)31)25-21(28)11-10-20(27)18-5-3-4-12-23-18/h3-9,12,14,19,26H,2,10-11,13H2,1H3,(H,25,28)(H,29,30,31)/t19-/m0/s1. The number of rotatable bonds is 11. The van der Waals surface area contributed by atoms with E-state index in [9.17, 15) is 18.0 Å². The van der Waals surface area contributed by atoms with E-state index >= 15 is 0 Å². The quantitative estimate of drug-likeness (QED) is 0.278. The lowest BCUT2D eigenvalue weighted by Crippen LogP contribution is -2.30. The van der Waals surface area contributed by atoms with Crippen LogP contribution >= 0.6 is 11.3 Å². The van der Waals surface area contributed by atoms with E-state index in [0.717, 1.165) is 22.7 Å². The van der Waals surface area contributed by atoms with E-state index in [1.807, 2.05) is 17.0 Å². The van der Waals surface area contributed by atoms with E-state index in [1.54, 1.807) is 30.3 Å². The van der Waals surface area contributed by atoms with Crippen molar-refractivity contribution < 1.29 is 22.6 Å². The summed E-state index contributed by atoms with van der Waals surface area (Å²) in [6.45, 7) is 2.00. The predicted octanol–water partition coefficient (Wildman–Crippen LogP) is 3.38. The minimum Gasteiger partial charge on any atom is -0.347 e. The number of carbonyl (C=O) groups is 2. The summed E-state index contributed by atoms with van der Waals surface area (Å²) in [5, 5.41) is 5.65. The fourth-order valence-corrected chi connectivity index (χ4v) is 4.47. The number of hydrogen-bond acceptors (Lipinski definition) is 7. The van der Waals surface area contributed by atoms with Crippen molar-refractivity contribution in [2.45, 2.75) is 38.6 Å². The Morgan fingerprint density at radius 1 is 1.12 bits per heavy atom. The Labute approximate surface area is 196 Å². The number of amides is 1. The van der Waals surface area contributed by atoms with E-state index in [0.29, 0.717) is 12.1 Å². The fourth-order valence-electron chi connectivity index (χ4n) is 3.09. The van der Waals surface area contributed by atoms with Crippen molar-refractivity contribution in [3.63, 3.8) is 0 Å². The van der Waals surface area contributed by atoms with Gasteiger partial charge in [-0.1, -0.05) is 25.1 Å². The lowest BCUT2D eigenvalue weighted by Gasteiger charge is -2.17. The molecule has 9 nitrogen and oxygen atoms in total. The van der Waals surface area contributed by atoms with E-state index < -0.39 is 16.3 Å². The molecular weight excluding hydrogens is 464 g/mol. The highest BCUT2D eigenvalue weighted by Gasteiger charge is 2.20. The molecule has 0 unspecified atom stereocenters. The highest BCUT2D eigenvalue weighted by molar-refractivity contribution is 7.87. The lowest BCUT2D eigenvalue weighted by molar-refractivity contribution is -0.121. The van der Waals surface area contributed by atoms with Crippen molar-refractivity contribution >= 4 is 39.0 Å². The summed E-state index contributed by atoms with van der Waals surface area (Å²) in [4.78, 5) is 33.5. The first-order chi connectivity index (χ1) is 15.7. The first-order valence-corrected chi connectivity index (χ1v) is 12.6. The van der Waals surface area contributed by atoms with Gasteiger partial charge in [0.15, 0.2) is 5.78 Å². The summed E-state index contributed by atoms with van der Waals surface area (Å²) >= 11 is 1.45. The second-order valence-corrected chi connectivity index (χ2v) is 9.31. The summed E-state index contributed by atoms with van der Waals surface area (Å²) in [5.41, 5.74) is 2.30. The minimum atomic E-state index is -4.35. The molecule has 0 saturated heterocycles. The van der Waals surface area contributed by atoms with Gasteiger partial charge in [0.05, 0.1) is 17.4 Å². The maximum Gasteiger partial charge on any atom is 0.357 e. The molecule has 0 radical (unpaired) electrons. The summed E-state index contributed by atoms with van der Waals surface area (Å²) < 4.78 is 32.8. The predicted molar refractivity (Wildman–Crippen MR) is 125 cm³/mol. The first kappa shape index (κ1) is 24.5. The Morgan fingerprint density at radius 3 is 2.48 bits per heavy atom. The summed E-state index contributed by atoms with van der Waals surface area (Å²) in [6, 6.07) is 11.1. The van der Waals surface area contributed by atoms with Crippen LogP contribution < -0.4 is 10.0 Å². The van der Waals surface area contributed by atoms with Crippen molar-refractivity contribution in [1.29, 1.82) is 0 Å². The van der Waals surface area contributed by atoms with Crippen molar-refractivity contribution in [2.75, 3.05) is 4.72 Å². The molecule has 0 bridgehead atoms. The van der Waals surface area contributed by atoms with Crippen LogP contribution in [0.3, 0.4) is 0 Å². The zero-order valence-electron chi connectivity index (χ0n) is 17.9. The van der Waals surface area contributed by atoms with Gasteiger partial charge in [0.1, 0.15) is 10.7 Å². The van der Waals surface area contributed by atoms with Crippen molar-refractivity contribution in [3.8, 4) is 0 Å². The van der Waals surface area contributed by atoms with E-state index in [1.165, 1.54) is 29.7 Å². The molecule has 11 heteroatoms. The van der Waals surface area contributed by atoms with Crippen LogP contribution in [0.4, 0.5) is 5.69 Å². The number of carbonyl (C=O) groups excluding carboxylic acids is 2. The fraction of sp³-hybridized carbons (Fsp3) is 0.273. The second-order valence-electron chi connectivity index (χ2n) is 7.27. The highest BCUT2D eigenvalue weighted by Crippen LogP contribution is 2.24. The number of anilines is 1. The maximum atomic E-state index is 12.6. The maximum absolute atomic E-state index is 12.6. The van der Waals surface area contributed by atoms with Crippen LogP contribution in [0.15, 0.2) is 54.0 Å². The minimum absolute atomic E-state index is 0.0230. The normalized spacial score (nSPS) is 12.2. The number of ketones is 1. The van der Waals surface area contributed by atoms with Crippen molar-refractivity contribution in [3.05, 3.63) is 76.0 Å². The topological polar surface area (TPSA) is 138 Å². The number of pyridine rings is 1. The van der Waals surface area contributed by atoms with E-state index in [-0.39, 0.29) is 30.2 Å². The van der Waals surface area contributed by atoms with Gasteiger partial charge in [-0.15, -0.1) is 11.3 Å². The smallest absolute Gasteiger partial charge is 0.347 e. The van der Waals surface area contributed by atoms with Gasteiger partial charge in [0, 0.05) is 24.4 Å². The number of thiazole rings is 1. The average Bonchev–Trinajstić information content (AvgIpc) is 3.27. The Hall–Kier alpha value is -3.15. The molecule has 3 N–H and O–H groups in total. The van der Waals surface area contributed by atoms with Crippen molar-refractivity contribution in [2.24, 2.45) is 0 Å². The average molecular weight is 489 g/mol. The van der Waals surface area contributed by atoms with E-state index in [2.05, 4.69) is 15.3 Å². The Morgan fingerprint density at radius 2 is 1.88 bits per heavy atom. The molecular formula is C22H24N4O5S2. The molecule has 0 aliphatic carbocycles. The van der Waals surface area contributed by atoms with Gasteiger partial charge in [-0.05, 0) is 42.7 Å². The van der Waals surface area contributed by atoms with Crippen molar-refractivity contribution in [1.82, 2.24) is 15.3 Å². The summed E-state index contributed by atoms with van der Waals surface area (Å²) in [6.07, 6.45) is 2.79. The molecule has 0 aliphatic rings. The van der Waals surface area contributed by atoms with Gasteiger partial charge >= 0.3 is 10.3 Å². The van der Waals surface area contributed by atoms with Gasteiger partial charge in [-0.2, -0.15) is 8.42 Å². The molecule has 0 fully saturated rings. The number of aryl methyl sites for hydroxylation is 1. The third-order valence-corrected chi connectivity index (χ3v) is 6.24. The molecule has 0 aliphatic heterocycles. The van der Waals surface area contributed by atoms with Gasteiger partial charge in [-0.3, -0.25) is 23.8 Å². The number of Topliss-reactive ketones (excluding diaryl/α,β-unsaturated/α-hetero) is 1. The molecule has 1 amide bonds. The lowest BCUT2D eigenvalue weighted by atomic mass is 10.1. The van der Waals surface area contributed by atoms with E-state index in [4.69, 9.17) is 4.55 Å². The largest absolute Gasteiger partial charge is 0.357 e. The second kappa shape index (κ2) is 11.1. The van der Waals surface area contributed by atoms with Crippen LogP contribution in [0.2, 0.25) is 0 Å². The molecule has 0 saturated carbocycles. The monoisotopic (exact) mass is 488 g/mol. The number of nitrogens with zero attached hydrogens (tertiary/aromatic N) is 2. The molecule has 1 aromatic carbocycles. The Balaban J connectivity index is 1.68. The molecule has 33 heavy (non-hydrogen) atoms. The van der Waals surface area contributed by atoms with Gasteiger partial charge < -0.3 is 5.32 Å². The van der Waals surface area contributed by atoms with Crippen LogP contribution in [0.25, 0.3) is 0 Å². The zero-order valence-corrected chi connectivity index (χ0v) is 19.5. The zero-order chi connectivity index (χ0) is 23.8. The van der Waals surface area contributed by atoms with Gasteiger partial charge in [-0.25, -0.2) is 4.98 Å². The van der Waals surface area contributed by atoms with Gasteiger partial charge in [0.2, 0.25) is 5.91 Å². The number of hydrogen-bond donors (Lipinski definition) is 3. The van der Waals surface area contributed by atoms with Gasteiger partial charge in [0.25, 0.3) is 0 Å². The molecule has 3 rings (SSSR count). The van der Waals surface area contributed by atoms with Crippen LogP contribution in [0.1, 0.15) is 52.6 Å². The van der Waals surface area contributed by atoms with Crippen LogP contribution in [0, 0.1) is 0 Å².